The maximum absolute atomic E-state index is 9.78. The van der Waals surface area contributed by atoms with Gasteiger partial charge in [-0.15, -0.1) is 0 Å². The maximum Gasteiger partial charge on any atom is 0.139 e. The standard InChI is InChI=1S/C14H16N2O/c1-16(13-4-2-3-5-14(13)17)12-8-6-11(10-15)7-9-12/h2-9,17H,10,15H2,1H3. The molecule has 88 valence electrons. The van der Waals surface area contributed by atoms with Gasteiger partial charge in [-0.05, 0) is 29.8 Å². The van der Waals surface area contributed by atoms with Crippen molar-refractivity contribution in [1.29, 1.82) is 0 Å². The molecule has 17 heavy (non-hydrogen) atoms. The largest absolute Gasteiger partial charge is 0.506 e. The van der Waals surface area contributed by atoms with Crippen LogP contribution >= 0.6 is 0 Å². The van der Waals surface area contributed by atoms with Gasteiger partial charge in [0.1, 0.15) is 5.75 Å². The summed E-state index contributed by atoms with van der Waals surface area (Å²) in [5.41, 5.74) is 8.46. The highest BCUT2D eigenvalue weighted by molar-refractivity contribution is 5.68. The van der Waals surface area contributed by atoms with Gasteiger partial charge in [0.25, 0.3) is 0 Å². The summed E-state index contributed by atoms with van der Waals surface area (Å²) in [4.78, 5) is 1.94. The minimum Gasteiger partial charge on any atom is -0.506 e. The Morgan fingerprint density at radius 1 is 1.06 bits per heavy atom. The Balaban J connectivity index is 2.30. The molecule has 0 spiro atoms. The van der Waals surface area contributed by atoms with E-state index in [2.05, 4.69) is 0 Å². The Morgan fingerprint density at radius 2 is 1.71 bits per heavy atom. The highest BCUT2D eigenvalue weighted by Gasteiger charge is 2.07. The zero-order valence-electron chi connectivity index (χ0n) is 9.80. The molecule has 0 aromatic heterocycles. The van der Waals surface area contributed by atoms with Crippen molar-refractivity contribution < 1.29 is 5.11 Å². The number of nitrogens with two attached hydrogens (primary N) is 1. The number of rotatable bonds is 3. The Morgan fingerprint density at radius 3 is 2.29 bits per heavy atom. The number of para-hydroxylation sites is 2. The number of anilines is 2. The van der Waals surface area contributed by atoms with E-state index < -0.39 is 0 Å². The van der Waals surface area contributed by atoms with Crippen LogP contribution in [0.3, 0.4) is 0 Å². The monoisotopic (exact) mass is 228 g/mol. The van der Waals surface area contributed by atoms with E-state index in [-0.39, 0.29) is 5.75 Å². The zero-order chi connectivity index (χ0) is 12.3. The highest BCUT2D eigenvalue weighted by Crippen LogP contribution is 2.31. The van der Waals surface area contributed by atoms with Gasteiger partial charge in [-0.1, -0.05) is 24.3 Å². The van der Waals surface area contributed by atoms with Crippen molar-refractivity contribution >= 4 is 11.4 Å². The predicted octanol–water partition coefficient (Wildman–Crippen LogP) is 2.62. The summed E-state index contributed by atoms with van der Waals surface area (Å²) in [5.74, 6) is 0.276. The lowest BCUT2D eigenvalue weighted by Gasteiger charge is -2.20. The molecule has 3 heteroatoms. The number of hydrogen-bond donors (Lipinski definition) is 2. The van der Waals surface area contributed by atoms with E-state index in [4.69, 9.17) is 5.73 Å². The maximum atomic E-state index is 9.78. The fraction of sp³-hybridized carbons (Fsp3) is 0.143. The van der Waals surface area contributed by atoms with Crippen LogP contribution in [0.5, 0.6) is 5.75 Å². The number of phenols is 1. The highest BCUT2D eigenvalue weighted by atomic mass is 16.3. The molecule has 0 unspecified atom stereocenters. The molecule has 2 aromatic carbocycles. The van der Waals surface area contributed by atoms with Crippen LogP contribution in [-0.2, 0) is 6.54 Å². The fourth-order valence-electron chi connectivity index (χ4n) is 1.74. The van der Waals surface area contributed by atoms with E-state index in [1.54, 1.807) is 6.07 Å². The summed E-state index contributed by atoms with van der Waals surface area (Å²) >= 11 is 0. The van der Waals surface area contributed by atoms with Crippen LogP contribution in [0.2, 0.25) is 0 Å². The lowest BCUT2D eigenvalue weighted by Crippen LogP contribution is -2.09. The van der Waals surface area contributed by atoms with Crippen LogP contribution in [0, 0.1) is 0 Å². The third-order valence-electron chi connectivity index (χ3n) is 2.80. The SMILES string of the molecule is CN(c1ccc(CN)cc1)c1ccccc1O. The molecule has 3 nitrogen and oxygen atoms in total. The van der Waals surface area contributed by atoms with Crippen molar-refractivity contribution in [2.24, 2.45) is 5.73 Å². The molecule has 0 heterocycles. The van der Waals surface area contributed by atoms with Crippen molar-refractivity contribution in [2.75, 3.05) is 11.9 Å². The summed E-state index contributed by atoms with van der Waals surface area (Å²) in [6.07, 6.45) is 0. The first-order valence-corrected chi connectivity index (χ1v) is 5.53. The van der Waals surface area contributed by atoms with Gasteiger partial charge in [-0.3, -0.25) is 0 Å². The minimum atomic E-state index is 0.276. The topological polar surface area (TPSA) is 49.5 Å². The Labute approximate surface area is 101 Å². The Kier molecular flexibility index (Phi) is 3.30. The first kappa shape index (κ1) is 11.5. The third-order valence-corrected chi connectivity index (χ3v) is 2.80. The molecule has 0 fully saturated rings. The summed E-state index contributed by atoms with van der Waals surface area (Å²) in [6.45, 7) is 0.542. The summed E-state index contributed by atoms with van der Waals surface area (Å²) in [7, 11) is 1.92. The summed E-state index contributed by atoms with van der Waals surface area (Å²) in [6, 6.07) is 15.2. The van der Waals surface area contributed by atoms with Gasteiger partial charge in [-0.25, -0.2) is 0 Å². The Bertz CT molecular complexity index is 494. The number of benzene rings is 2. The van der Waals surface area contributed by atoms with E-state index in [9.17, 15) is 5.11 Å². The molecular weight excluding hydrogens is 212 g/mol. The molecule has 0 amide bonds. The summed E-state index contributed by atoms with van der Waals surface area (Å²) < 4.78 is 0. The lowest BCUT2D eigenvalue weighted by molar-refractivity contribution is 0.476. The molecule has 0 aliphatic carbocycles. The third kappa shape index (κ3) is 2.40. The van der Waals surface area contributed by atoms with Crippen LogP contribution in [0.25, 0.3) is 0 Å². The van der Waals surface area contributed by atoms with Crippen LogP contribution in [0.1, 0.15) is 5.56 Å². The molecule has 3 N–H and O–H groups in total. The van der Waals surface area contributed by atoms with E-state index >= 15 is 0 Å². The fourth-order valence-corrected chi connectivity index (χ4v) is 1.74. The van der Waals surface area contributed by atoms with E-state index in [0.29, 0.717) is 6.54 Å². The van der Waals surface area contributed by atoms with Gasteiger partial charge < -0.3 is 15.7 Å². The number of phenolic OH excluding ortho intramolecular Hbond substituents is 1. The molecule has 0 saturated carbocycles. The molecule has 2 aromatic rings. The quantitative estimate of drug-likeness (QED) is 0.849. The normalized spacial score (nSPS) is 10.2. The number of aromatic hydroxyl groups is 1. The van der Waals surface area contributed by atoms with Gasteiger partial charge >= 0.3 is 0 Å². The van der Waals surface area contributed by atoms with Gasteiger partial charge in [0, 0.05) is 19.3 Å². The number of nitrogens with zero attached hydrogens (tertiary/aromatic N) is 1. The average molecular weight is 228 g/mol. The van der Waals surface area contributed by atoms with Gasteiger partial charge in [0.15, 0.2) is 0 Å². The van der Waals surface area contributed by atoms with E-state index in [1.807, 2.05) is 54.4 Å². The average Bonchev–Trinajstić information content (AvgIpc) is 2.39. The van der Waals surface area contributed by atoms with Crippen LogP contribution < -0.4 is 10.6 Å². The molecule has 0 aliphatic heterocycles. The molecular formula is C14H16N2O. The lowest BCUT2D eigenvalue weighted by atomic mass is 10.2. The second-order valence-corrected chi connectivity index (χ2v) is 3.92. The summed E-state index contributed by atoms with van der Waals surface area (Å²) in [5, 5.41) is 9.78. The first-order valence-electron chi connectivity index (χ1n) is 5.53. The second-order valence-electron chi connectivity index (χ2n) is 3.92. The predicted molar refractivity (Wildman–Crippen MR) is 70.5 cm³/mol. The van der Waals surface area contributed by atoms with Crippen molar-refractivity contribution in [2.45, 2.75) is 6.54 Å². The van der Waals surface area contributed by atoms with E-state index in [0.717, 1.165) is 16.9 Å². The molecule has 0 bridgehead atoms. The van der Waals surface area contributed by atoms with Gasteiger partial charge in [0.2, 0.25) is 0 Å². The Hall–Kier alpha value is -2.00. The molecule has 0 saturated heterocycles. The molecule has 2 rings (SSSR count). The molecule has 0 atom stereocenters. The second kappa shape index (κ2) is 4.89. The minimum absolute atomic E-state index is 0.276. The van der Waals surface area contributed by atoms with Crippen LogP contribution in [0.4, 0.5) is 11.4 Å². The van der Waals surface area contributed by atoms with Gasteiger partial charge in [-0.2, -0.15) is 0 Å². The van der Waals surface area contributed by atoms with Gasteiger partial charge in [0.05, 0.1) is 5.69 Å². The smallest absolute Gasteiger partial charge is 0.139 e. The number of hydrogen-bond acceptors (Lipinski definition) is 3. The van der Waals surface area contributed by atoms with Crippen LogP contribution in [0.15, 0.2) is 48.5 Å². The van der Waals surface area contributed by atoms with E-state index in [1.165, 1.54) is 0 Å². The molecule has 0 aliphatic rings. The van der Waals surface area contributed by atoms with Crippen molar-refractivity contribution in [3.05, 3.63) is 54.1 Å². The zero-order valence-corrected chi connectivity index (χ0v) is 9.80. The van der Waals surface area contributed by atoms with Crippen molar-refractivity contribution in [3.8, 4) is 5.75 Å². The van der Waals surface area contributed by atoms with Crippen LogP contribution in [-0.4, -0.2) is 12.2 Å². The first-order chi connectivity index (χ1) is 8.22. The molecule has 0 radical (unpaired) electrons. The van der Waals surface area contributed by atoms with Crippen molar-refractivity contribution in [3.63, 3.8) is 0 Å². The van der Waals surface area contributed by atoms with Crippen molar-refractivity contribution in [1.82, 2.24) is 0 Å².